The predicted molar refractivity (Wildman–Crippen MR) is 34.0 cm³/mol. The third-order valence-electron chi connectivity index (χ3n) is 2.31. The van der Waals surface area contributed by atoms with E-state index in [0.717, 1.165) is 13.0 Å². The smallest absolute Gasteiger partial charge is 0.130 e. The first kappa shape index (κ1) is 5.65. The molecule has 0 aromatic rings. The molecule has 2 fully saturated rings. The summed E-state index contributed by atoms with van der Waals surface area (Å²) < 4.78 is 0. The summed E-state index contributed by atoms with van der Waals surface area (Å²) in [7, 11) is 0. The summed E-state index contributed by atoms with van der Waals surface area (Å²) in [5, 5.41) is 15.7. The molecule has 0 bridgehead atoms. The SMILES string of the molecule is CC1(O)N[C@@H]2CCNC21. The highest BCUT2D eigenvalue weighted by Gasteiger charge is 2.51. The molecule has 2 heterocycles. The molecule has 0 amide bonds. The molecule has 2 unspecified atom stereocenters. The zero-order valence-electron chi connectivity index (χ0n) is 5.52. The van der Waals surface area contributed by atoms with Crippen LogP contribution in [-0.4, -0.2) is 29.5 Å². The van der Waals surface area contributed by atoms with Gasteiger partial charge in [0.1, 0.15) is 5.72 Å². The fourth-order valence-corrected chi connectivity index (χ4v) is 1.82. The molecule has 2 rings (SSSR count). The highest BCUT2D eigenvalue weighted by Crippen LogP contribution is 2.27. The van der Waals surface area contributed by atoms with E-state index in [1.54, 1.807) is 0 Å². The Labute approximate surface area is 54.4 Å². The van der Waals surface area contributed by atoms with E-state index >= 15 is 0 Å². The van der Waals surface area contributed by atoms with Crippen LogP contribution < -0.4 is 10.6 Å². The molecule has 0 aliphatic carbocycles. The van der Waals surface area contributed by atoms with Crippen LogP contribution >= 0.6 is 0 Å². The van der Waals surface area contributed by atoms with Crippen molar-refractivity contribution in [2.24, 2.45) is 0 Å². The number of aliphatic hydroxyl groups is 1. The van der Waals surface area contributed by atoms with Crippen LogP contribution in [0.4, 0.5) is 0 Å². The number of rotatable bonds is 0. The topological polar surface area (TPSA) is 44.3 Å². The predicted octanol–water partition coefficient (Wildman–Crippen LogP) is -0.971. The van der Waals surface area contributed by atoms with Crippen LogP contribution in [0.5, 0.6) is 0 Å². The quantitative estimate of drug-likeness (QED) is 0.393. The van der Waals surface area contributed by atoms with Gasteiger partial charge in [0.25, 0.3) is 0 Å². The molecular formula is C6H12N2O. The monoisotopic (exact) mass is 128 g/mol. The molecule has 2 aliphatic heterocycles. The Morgan fingerprint density at radius 3 is 2.89 bits per heavy atom. The molecule has 3 N–H and O–H groups in total. The lowest BCUT2D eigenvalue weighted by molar-refractivity contribution is -0.0876. The summed E-state index contributed by atoms with van der Waals surface area (Å²) in [5.74, 6) is 0. The van der Waals surface area contributed by atoms with E-state index < -0.39 is 5.72 Å². The molecule has 0 saturated carbocycles. The number of nitrogens with one attached hydrogen (secondary N) is 2. The van der Waals surface area contributed by atoms with Crippen molar-refractivity contribution in [2.45, 2.75) is 31.2 Å². The van der Waals surface area contributed by atoms with E-state index in [0.29, 0.717) is 12.1 Å². The van der Waals surface area contributed by atoms with E-state index in [1.165, 1.54) is 0 Å². The second kappa shape index (κ2) is 1.48. The zero-order chi connectivity index (χ0) is 6.48. The van der Waals surface area contributed by atoms with Gasteiger partial charge < -0.3 is 10.4 Å². The van der Waals surface area contributed by atoms with Crippen LogP contribution in [0.1, 0.15) is 13.3 Å². The third-order valence-corrected chi connectivity index (χ3v) is 2.31. The summed E-state index contributed by atoms with van der Waals surface area (Å²) in [6.07, 6.45) is 1.15. The van der Waals surface area contributed by atoms with Gasteiger partial charge in [-0.05, 0) is 19.9 Å². The number of hydrogen-bond donors (Lipinski definition) is 3. The van der Waals surface area contributed by atoms with Crippen LogP contribution in [0.15, 0.2) is 0 Å². The first-order chi connectivity index (χ1) is 4.20. The largest absolute Gasteiger partial charge is 0.374 e. The summed E-state index contributed by atoms with van der Waals surface area (Å²) in [6, 6.07) is 0.831. The van der Waals surface area contributed by atoms with Gasteiger partial charge >= 0.3 is 0 Å². The first-order valence-electron chi connectivity index (χ1n) is 3.43. The van der Waals surface area contributed by atoms with Gasteiger partial charge in [-0.3, -0.25) is 5.32 Å². The fourth-order valence-electron chi connectivity index (χ4n) is 1.82. The normalized spacial score (nSPS) is 56.7. The van der Waals surface area contributed by atoms with Gasteiger partial charge in [0.2, 0.25) is 0 Å². The van der Waals surface area contributed by atoms with E-state index in [4.69, 9.17) is 0 Å². The van der Waals surface area contributed by atoms with Gasteiger partial charge in [0.15, 0.2) is 0 Å². The Morgan fingerprint density at radius 2 is 2.44 bits per heavy atom. The molecule has 2 aliphatic rings. The molecule has 9 heavy (non-hydrogen) atoms. The maximum Gasteiger partial charge on any atom is 0.130 e. The number of hydrogen-bond acceptors (Lipinski definition) is 3. The van der Waals surface area contributed by atoms with Gasteiger partial charge in [-0.2, -0.15) is 0 Å². The summed E-state index contributed by atoms with van der Waals surface area (Å²) >= 11 is 0. The van der Waals surface area contributed by atoms with Gasteiger partial charge in [-0.1, -0.05) is 0 Å². The summed E-state index contributed by atoms with van der Waals surface area (Å²) in [4.78, 5) is 0. The van der Waals surface area contributed by atoms with Crippen molar-refractivity contribution in [1.29, 1.82) is 0 Å². The van der Waals surface area contributed by atoms with Gasteiger partial charge in [0.05, 0.1) is 6.04 Å². The van der Waals surface area contributed by atoms with Crippen LogP contribution in [0.3, 0.4) is 0 Å². The van der Waals surface area contributed by atoms with Crippen LogP contribution in [0.25, 0.3) is 0 Å². The Kier molecular flexibility index (Phi) is 0.928. The first-order valence-corrected chi connectivity index (χ1v) is 3.43. The van der Waals surface area contributed by atoms with Crippen LogP contribution in [-0.2, 0) is 0 Å². The zero-order valence-corrected chi connectivity index (χ0v) is 5.52. The fraction of sp³-hybridized carbons (Fsp3) is 1.00. The Bertz CT molecular complexity index is 135. The Hall–Kier alpha value is -0.120. The second-order valence-corrected chi connectivity index (χ2v) is 3.12. The lowest BCUT2D eigenvalue weighted by atomic mass is 9.89. The molecule has 0 radical (unpaired) electrons. The average Bonchev–Trinajstić information content (AvgIpc) is 2.10. The van der Waals surface area contributed by atoms with Gasteiger partial charge in [-0.15, -0.1) is 0 Å². The molecule has 0 spiro atoms. The van der Waals surface area contributed by atoms with Crippen molar-refractivity contribution in [3.8, 4) is 0 Å². The summed E-state index contributed by atoms with van der Waals surface area (Å²) in [5.41, 5.74) is -0.638. The average molecular weight is 128 g/mol. The maximum absolute atomic E-state index is 9.41. The van der Waals surface area contributed by atoms with Crippen molar-refractivity contribution in [3.63, 3.8) is 0 Å². The highest BCUT2D eigenvalue weighted by molar-refractivity contribution is 5.09. The van der Waals surface area contributed by atoms with Crippen molar-refractivity contribution >= 4 is 0 Å². The van der Waals surface area contributed by atoms with E-state index in [1.807, 2.05) is 6.92 Å². The molecule has 3 nitrogen and oxygen atoms in total. The molecular weight excluding hydrogens is 116 g/mol. The minimum atomic E-state index is -0.638. The van der Waals surface area contributed by atoms with Crippen molar-refractivity contribution in [1.82, 2.24) is 10.6 Å². The number of fused-ring (bicyclic) bond motifs is 1. The van der Waals surface area contributed by atoms with Gasteiger partial charge in [-0.25, -0.2) is 0 Å². The third kappa shape index (κ3) is 0.625. The van der Waals surface area contributed by atoms with Crippen molar-refractivity contribution < 1.29 is 5.11 Å². The highest BCUT2D eigenvalue weighted by atomic mass is 16.3. The molecule has 0 aromatic heterocycles. The molecule has 2 saturated heterocycles. The van der Waals surface area contributed by atoms with Crippen molar-refractivity contribution in [2.75, 3.05) is 6.54 Å². The van der Waals surface area contributed by atoms with E-state index in [-0.39, 0.29) is 0 Å². The minimum Gasteiger partial charge on any atom is -0.374 e. The van der Waals surface area contributed by atoms with Crippen LogP contribution in [0.2, 0.25) is 0 Å². The summed E-state index contributed by atoms with van der Waals surface area (Å²) in [6.45, 7) is 2.85. The molecule has 3 heteroatoms. The lowest BCUT2D eigenvalue weighted by Crippen LogP contribution is -2.74. The molecule has 0 aromatic carbocycles. The maximum atomic E-state index is 9.41. The van der Waals surface area contributed by atoms with E-state index in [9.17, 15) is 5.11 Å². The van der Waals surface area contributed by atoms with Crippen LogP contribution in [0, 0.1) is 0 Å². The molecule has 52 valence electrons. The van der Waals surface area contributed by atoms with Gasteiger partial charge in [0, 0.05) is 6.04 Å². The standard InChI is InChI=1S/C6H12N2O/c1-6(9)5-4(8-6)2-3-7-5/h4-5,7-9H,2-3H2,1H3/t4-,5?,6?/m1/s1. The van der Waals surface area contributed by atoms with Crippen molar-refractivity contribution in [3.05, 3.63) is 0 Å². The minimum absolute atomic E-state index is 0.303. The second-order valence-electron chi connectivity index (χ2n) is 3.12. The lowest BCUT2D eigenvalue weighted by Gasteiger charge is -2.47. The Balaban J connectivity index is 2.09. The Morgan fingerprint density at radius 1 is 1.67 bits per heavy atom. The molecule has 3 atom stereocenters. The van der Waals surface area contributed by atoms with E-state index in [2.05, 4.69) is 10.6 Å².